The van der Waals surface area contributed by atoms with Gasteiger partial charge in [0.05, 0.1) is 47.9 Å². The van der Waals surface area contributed by atoms with Crippen LogP contribution >= 0.6 is 0 Å². The lowest BCUT2D eigenvalue weighted by Gasteiger charge is -2.48. The van der Waals surface area contributed by atoms with Crippen molar-refractivity contribution in [1.29, 1.82) is 31.7 Å². The zero-order valence-corrected chi connectivity index (χ0v) is 15.2. The average molecular weight is 374 g/mol. The van der Waals surface area contributed by atoms with Crippen LogP contribution in [0.25, 0.3) is 0 Å². The molecule has 2 aromatic rings. The molecule has 0 aliphatic heterocycles. The Morgan fingerprint density at radius 1 is 0.690 bits per heavy atom. The Hall–Kier alpha value is -4.44. The average Bonchev–Trinajstić information content (AvgIpc) is 2.79. The summed E-state index contributed by atoms with van der Waals surface area (Å²) in [5.41, 5.74) is -3.43. The van der Waals surface area contributed by atoms with E-state index in [2.05, 4.69) is 12.1 Å². The third kappa shape index (κ3) is 2.55. The minimum atomic E-state index is -2.11. The zero-order chi connectivity index (χ0) is 21.1. The number of nitriles is 5. The van der Waals surface area contributed by atoms with Crippen LogP contribution in [0.15, 0.2) is 60.7 Å². The Bertz CT molecular complexity index is 1120. The van der Waals surface area contributed by atoms with Gasteiger partial charge in [0.15, 0.2) is 10.8 Å². The summed E-state index contributed by atoms with van der Waals surface area (Å²) in [5, 5.41) is 59.0. The van der Waals surface area contributed by atoms with Gasteiger partial charge in [0.25, 0.3) is 0 Å². The van der Waals surface area contributed by atoms with E-state index in [4.69, 9.17) is 5.41 Å². The molecule has 29 heavy (non-hydrogen) atoms. The lowest BCUT2D eigenvalue weighted by atomic mass is 9.46. The maximum absolute atomic E-state index is 10.3. The normalized spacial score (nSPS) is 24.0. The summed E-state index contributed by atoms with van der Waals surface area (Å²) in [7, 11) is 0. The summed E-state index contributed by atoms with van der Waals surface area (Å²) in [6, 6.07) is 26.9. The number of rotatable bonds is 2. The molecule has 0 spiro atoms. The molecule has 3 atom stereocenters. The Kier molecular flexibility index (Phi) is 4.86. The lowest BCUT2D eigenvalue weighted by molar-refractivity contribution is 0.229. The van der Waals surface area contributed by atoms with Gasteiger partial charge in [0, 0.05) is 5.92 Å². The van der Waals surface area contributed by atoms with E-state index >= 15 is 0 Å². The van der Waals surface area contributed by atoms with Crippen molar-refractivity contribution in [2.75, 3.05) is 0 Å². The molecular formula is C23H14N6. The molecule has 1 fully saturated rings. The molecule has 3 rings (SSSR count). The molecular weight excluding hydrogens is 360 g/mol. The molecule has 0 radical (unpaired) electrons. The second kappa shape index (κ2) is 7.29. The van der Waals surface area contributed by atoms with Crippen molar-refractivity contribution in [3.8, 4) is 30.3 Å². The third-order valence-electron chi connectivity index (χ3n) is 5.60. The molecule has 1 aliphatic carbocycles. The van der Waals surface area contributed by atoms with Gasteiger partial charge in [0.1, 0.15) is 0 Å². The van der Waals surface area contributed by atoms with Crippen LogP contribution in [0, 0.1) is 78.8 Å². The maximum atomic E-state index is 10.3. The second-order valence-electron chi connectivity index (χ2n) is 6.88. The molecule has 0 amide bonds. The minimum absolute atomic E-state index is 0.381. The fourth-order valence-electron chi connectivity index (χ4n) is 4.33. The first kappa shape index (κ1) is 19.3. The molecule has 6 heteroatoms. The van der Waals surface area contributed by atoms with E-state index in [1.807, 2.05) is 18.2 Å². The van der Waals surface area contributed by atoms with E-state index < -0.39 is 28.6 Å². The van der Waals surface area contributed by atoms with Crippen molar-refractivity contribution in [2.45, 2.75) is 11.8 Å². The highest BCUT2D eigenvalue weighted by molar-refractivity contribution is 6.00. The van der Waals surface area contributed by atoms with Crippen molar-refractivity contribution in [1.82, 2.24) is 0 Å². The second-order valence-corrected chi connectivity index (χ2v) is 6.88. The predicted molar refractivity (Wildman–Crippen MR) is 103 cm³/mol. The topological polar surface area (TPSA) is 143 Å². The fraction of sp³-hybridized carbons (Fsp3) is 0.217. The molecule has 0 bridgehead atoms. The Morgan fingerprint density at radius 3 is 1.59 bits per heavy atom. The van der Waals surface area contributed by atoms with Crippen LogP contribution in [0.4, 0.5) is 0 Å². The van der Waals surface area contributed by atoms with Gasteiger partial charge in [-0.2, -0.15) is 26.3 Å². The molecule has 0 unspecified atom stereocenters. The van der Waals surface area contributed by atoms with Gasteiger partial charge in [-0.25, -0.2) is 0 Å². The Labute approximate surface area is 168 Å². The summed E-state index contributed by atoms with van der Waals surface area (Å²) in [6.45, 7) is 0. The molecule has 6 nitrogen and oxygen atoms in total. The molecule has 1 N–H and O–H groups in total. The molecule has 0 saturated heterocycles. The predicted octanol–water partition coefficient (Wildman–Crippen LogP) is 3.79. The van der Waals surface area contributed by atoms with Crippen molar-refractivity contribution >= 4 is 5.71 Å². The van der Waals surface area contributed by atoms with Gasteiger partial charge in [-0.1, -0.05) is 60.7 Å². The number of nitrogens with one attached hydrogen (secondary N) is 1. The highest BCUT2D eigenvalue weighted by Gasteiger charge is 2.67. The zero-order valence-electron chi connectivity index (χ0n) is 15.2. The Balaban J connectivity index is 2.46. The van der Waals surface area contributed by atoms with Crippen LogP contribution in [-0.2, 0) is 0 Å². The van der Waals surface area contributed by atoms with Crippen LogP contribution < -0.4 is 0 Å². The fourth-order valence-corrected chi connectivity index (χ4v) is 4.33. The quantitative estimate of drug-likeness (QED) is 0.850. The summed E-state index contributed by atoms with van der Waals surface area (Å²) < 4.78 is 0. The first-order valence-electron chi connectivity index (χ1n) is 8.79. The van der Waals surface area contributed by atoms with Crippen molar-refractivity contribution < 1.29 is 0 Å². The van der Waals surface area contributed by atoms with Gasteiger partial charge in [-0.15, -0.1) is 0 Å². The van der Waals surface area contributed by atoms with Gasteiger partial charge >= 0.3 is 0 Å². The van der Waals surface area contributed by atoms with Gasteiger partial charge in [-0.3, -0.25) is 0 Å². The summed E-state index contributed by atoms with van der Waals surface area (Å²) in [6.07, 6.45) is 0. The maximum Gasteiger partial charge on any atom is 0.191 e. The molecule has 0 heterocycles. The summed E-state index contributed by atoms with van der Waals surface area (Å²) in [5.74, 6) is -3.48. The van der Waals surface area contributed by atoms with Crippen LogP contribution in [0.3, 0.4) is 0 Å². The minimum Gasteiger partial charge on any atom is -0.305 e. The smallest absolute Gasteiger partial charge is 0.191 e. The highest BCUT2D eigenvalue weighted by atomic mass is 14.7. The highest BCUT2D eigenvalue weighted by Crippen LogP contribution is 2.61. The Morgan fingerprint density at radius 2 is 1.17 bits per heavy atom. The van der Waals surface area contributed by atoms with E-state index in [9.17, 15) is 26.3 Å². The van der Waals surface area contributed by atoms with Crippen molar-refractivity contribution in [3.05, 3.63) is 71.8 Å². The van der Waals surface area contributed by atoms with E-state index in [0.717, 1.165) is 0 Å². The molecule has 136 valence electrons. The molecule has 1 aliphatic rings. The van der Waals surface area contributed by atoms with Gasteiger partial charge in [0.2, 0.25) is 0 Å². The van der Waals surface area contributed by atoms with Crippen LogP contribution in [-0.4, -0.2) is 5.71 Å². The van der Waals surface area contributed by atoms with Crippen molar-refractivity contribution in [3.63, 3.8) is 0 Å². The molecule has 0 aromatic heterocycles. The summed E-state index contributed by atoms with van der Waals surface area (Å²) >= 11 is 0. The number of hydrogen-bond acceptors (Lipinski definition) is 6. The first-order chi connectivity index (χ1) is 14.1. The molecule has 1 saturated carbocycles. The van der Waals surface area contributed by atoms with Crippen LogP contribution in [0.2, 0.25) is 0 Å². The van der Waals surface area contributed by atoms with Gasteiger partial charge < -0.3 is 5.41 Å². The number of benzene rings is 2. The first-order valence-corrected chi connectivity index (χ1v) is 8.79. The largest absolute Gasteiger partial charge is 0.305 e. The van der Waals surface area contributed by atoms with E-state index in [0.29, 0.717) is 11.1 Å². The van der Waals surface area contributed by atoms with E-state index in [-0.39, 0.29) is 5.71 Å². The number of nitrogens with zero attached hydrogens (tertiary/aromatic N) is 5. The molecule has 2 aromatic carbocycles. The summed E-state index contributed by atoms with van der Waals surface area (Å²) in [4.78, 5) is 0. The third-order valence-corrected chi connectivity index (χ3v) is 5.60. The standard InChI is InChI=1S/C23H14N6/c24-11-18-19(16-7-3-1-4-8-16)22(12-25,13-26)20(17-9-5-2-6-10-17)23(14-27,15-28)21(18)29/h1-10,18-20,29H/t18-,19+,20+/m0/s1. The SMILES string of the molecule is N#C[C@@H]1C(=N)C(C#N)(C#N)[C@H](c2ccccc2)C(C#N)(C#N)[C@@H]1c1ccccc1. The van der Waals surface area contributed by atoms with E-state index in [1.54, 1.807) is 60.7 Å². The lowest BCUT2D eigenvalue weighted by Crippen LogP contribution is -2.55. The monoisotopic (exact) mass is 374 g/mol. The van der Waals surface area contributed by atoms with Crippen molar-refractivity contribution in [2.24, 2.45) is 16.7 Å². The van der Waals surface area contributed by atoms with Gasteiger partial charge in [-0.05, 0) is 11.1 Å². The van der Waals surface area contributed by atoms with Crippen LogP contribution in [0.1, 0.15) is 23.0 Å². The number of hydrogen-bond donors (Lipinski definition) is 1. The van der Waals surface area contributed by atoms with E-state index in [1.165, 1.54) is 0 Å². The van der Waals surface area contributed by atoms with Crippen LogP contribution in [0.5, 0.6) is 0 Å².